The van der Waals surface area contributed by atoms with Crippen LogP contribution in [-0.4, -0.2) is 41.8 Å². The summed E-state index contributed by atoms with van der Waals surface area (Å²) in [4.78, 5) is 22.4. The highest BCUT2D eigenvalue weighted by Gasteiger charge is 2.28. The molecule has 0 aromatic rings. The van der Waals surface area contributed by atoms with E-state index >= 15 is 0 Å². The van der Waals surface area contributed by atoms with Gasteiger partial charge >= 0.3 is 0 Å². The predicted octanol–water partition coefficient (Wildman–Crippen LogP) is 5.79. The first-order chi connectivity index (χ1) is 15.6. The lowest BCUT2D eigenvalue weighted by Crippen LogP contribution is -2.36. The van der Waals surface area contributed by atoms with Crippen molar-refractivity contribution in [1.29, 1.82) is 0 Å². The number of nitrogens with one attached hydrogen (secondary N) is 1. The predicted molar refractivity (Wildman–Crippen MR) is 147 cm³/mol. The molecule has 0 aliphatic heterocycles. The van der Waals surface area contributed by atoms with Gasteiger partial charge in [0.15, 0.2) is 0 Å². The van der Waals surface area contributed by atoms with Gasteiger partial charge in [0.25, 0.3) is 0 Å². The lowest BCUT2D eigenvalue weighted by molar-refractivity contribution is -0.129. The van der Waals surface area contributed by atoms with E-state index in [1.807, 2.05) is 27.7 Å². The zero-order valence-corrected chi connectivity index (χ0v) is 24.8. The van der Waals surface area contributed by atoms with Crippen molar-refractivity contribution in [2.45, 2.75) is 115 Å². The molecule has 6 nitrogen and oxygen atoms in total. The fourth-order valence-electron chi connectivity index (χ4n) is 1.96. The molecule has 6 heteroatoms. The molecule has 1 fully saturated rings. The molecular weight excluding hydrogens is 428 g/mol. The summed E-state index contributed by atoms with van der Waals surface area (Å²) in [6.45, 7) is 26.4. The molecule has 0 aromatic carbocycles. The van der Waals surface area contributed by atoms with E-state index in [0.717, 1.165) is 11.8 Å². The molecule has 0 aromatic heterocycles. The lowest BCUT2D eigenvalue weighted by Gasteiger charge is -2.25. The summed E-state index contributed by atoms with van der Waals surface area (Å²) in [6, 6.07) is 0. The highest BCUT2D eigenvalue weighted by Crippen LogP contribution is 2.28. The highest BCUT2D eigenvalue weighted by molar-refractivity contribution is 5.80. The smallest absolute Gasteiger partial charge is 0.223 e. The van der Waals surface area contributed by atoms with Gasteiger partial charge in [-0.1, -0.05) is 89.5 Å². The fraction of sp³-hybridized carbons (Fsp3) is 0.929. The summed E-state index contributed by atoms with van der Waals surface area (Å²) >= 11 is 0. The van der Waals surface area contributed by atoms with Crippen LogP contribution < -0.4 is 11.1 Å². The summed E-state index contributed by atoms with van der Waals surface area (Å²) in [7, 11) is 0. The second-order valence-electron chi connectivity index (χ2n) is 10.9. The van der Waals surface area contributed by atoms with E-state index in [1.54, 1.807) is 0 Å². The van der Waals surface area contributed by atoms with Crippen LogP contribution in [0.5, 0.6) is 0 Å². The molecule has 34 heavy (non-hydrogen) atoms. The molecular formula is C28H62N2O4. The lowest BCUT2D eigenvalue weighted by atomic mass is 9.81. The largest absolute Gasteiger partial charge is 0.396 e. The molecule has 0 saturated heterocycles. The molecule has 0 bridgehead atoms. The van der Waals surface area contributed by atoms with Gasteiger partial charge in [-0.2, -0.15) is 0 Å². The van der Waals surface area contributed by atoms with E-state index < -0.39 is 0 Å². The molecule has 1 aliphatic carbocycles. The molecule has 0 spiro atoms. The Morgan fingerprint density at radius 3 is 1.41 bits per heavy atom. The van der Waals surface area contributed by atoms with Crippen molar-refractivity contribution in [3.8, 4) is 0 Å². The molecule has 0 radical (unpaired) electrons. The number of carbonyl (C=O) groups is 2. The van der Waals surface area contributed by atoms with Gasteiger partial charge in [0.1, 0.15) is 0 Å². The van der Waals surface area contributed by atoms with Crippen LogP contribution in [0.2, 0.25) is 0 Å². The Labute approximate surface area is 212 Å². The number of amides is 2. The normalized spacial score (nSPS) is 17.1. The van der Waals surface area contributed by atoms with E-state index in [9.17, 15) is 9.59 Å². The van der Waals surface area contributed by atoms with Crippen molar-refractivity contribution >= 4 is 11.8 Å². The van der Waals surface area contributed by atoms with Gasteiger partial charge in [-0.25, -0.2) is 0 Å². The van der Waals surface area contributed by atoms with Crippen molar-refractivity contribution in [1.82, 2.24) is 5.32 Å². The molecule has 1 saturated carbocycles. The average molecular weight is 491 g/mol. The Balaban J connectivity index is -0.000000198. The van der Waals surface area contributed by atoms with E-state index in [-0.39, 0.29) is 30.3 Å². The molecule has 0 heterocycles. The quantitative estimate of drug-likeness (QED) is 0.377. The van der Waals surface area contributed by atoms with Crippen LogP contribution in [0.15, 0.2) is 0 Å². The minimum Gasteiger partial charge on any atom is -0.396 e. The minimum absolute atomic E-state index is 0.0212. The third-order valence-electron chi connectivity index (χ3n) is 5.83. The maximum Gasteiger partial charge on any atom is 0.223 e. The first-order valence-corrected chi connectivity index (χ1v) is 13.4. The Hall–Kier alpha value is -1.14. The van der Waals surface area contributed by atoms with Gasteiger partial charge in [-0.05, 0) is 48.9 Å². The Morgan fingerprint density at radius 2 is 1.21 bits per heavy atom. The molecule has 5 N–H and O–H groups in total. The average Bonchev–Trinajstić information content (AvgIpc) is 2.79. The van der Waals surface area contributed by atoms with Crippen LogP contribution in [0.3, 0.4) is 0 Å². The summed E-state index contributed by atoms with van der Waals surface area (Å²) in [5, 5.41) is 19.3. The van der Waals surface area contributed by atoms with Crippen LogP contribution in [0.1, 0.15) is 115 Å². The standard InChI is InChI=1S/C10H18N2O3.C7H16.C5H12.C4H10O.C2H6/c11-9(14)7-1-3-8(4-2-7)10(15)12-5-6-13;1-6(2)7(3,4)5;1-4-5(2)3;1-4(2)3-5;1-2/h7-8,13H,1-6H2,(H2,11,14)(H,12,15);6H,1-5H3;5H,4H2,1-3H3;4-5H,3H2,1-2H3;1-2H3. The number of rotatable bonds is 6. The summed E-state index contributed by atoms with van der Waals surface area (Å²) < 4.78 is 0. The van der Waals surface area contributed by atoms with Crippen molar-refractivity contribution < 1.29 is 19.8 Å². The van der Waals surface area contributed by atoms with Gasteiger partial charge in [-0.15, -0.1) is 0 Å². The fourth-order valence-corrected chi connectivity index (χ4v) is 1.96. The molecule has 2 amide bonds. The van der Waals surface area contributed by atoms with Crippen molar-refractivity contribution in [3.05, 3.63) is 0 Å². The zero-order valence-electron chi connectivity index (χ0n) is 24.8. The van der Waals surface area contributed by atoms with Crippen LogP contribution in [0, 0.1) is 35.0 Å². The number of aliphatic hydroxyl groups excluding tert-OH is 2. The van der Waals surface area contributed by atoms with Gasteiger partial charge < -0.3 is 21.3 Å². The van der Waals surface area contributed by atoms with Gasteiger partial charge in [0, 0.05) is 25.0 Å². The Morgan fingerprint density at radius 1 is 0.882 bits per heavy atom. The van der Waals surface area contributed by atoms with Crippen LogP contribution in [-0.2, 0) is 9.59 Å². The number of hydrogen-bond donors (Lipinski definition) is 4. The van der Waals surface area contributed by atoms with Crippen LogP contribution >= 0.6 is 0 Å². The van der Waals surface area contributed by atoms with Crippen LogP contribution in [0.25, 0.3) is 0 Å². The molecule has 0 atom stereocenters. The van der Waals surface area contributed by atoms with Crippen molar-refractivity contribution in [3.63, 3.8) is 0 Å². The minimum atomic E-state index is -0.260. The topological polar surface area (TPSA) is 113 Å². The maximum atomic E-state index is 11.5. The summed E-state index contributed by atoms with van der Waals surface area (Å²) in [5.41, 5.74) is 5.70. The molecule has 1 aliphatic rings. The number of nitrogens with two attached hydrogens (primary N) is 1. The monoisotopic (exact) mass is 490 g/mol. The first-order valence-electron chi connectivity index (χ1n) is 13.4. The second-order valence-corrected chi connectivity index (χ2v) is 10.9. The van der Waals surface area contributed by atoms with E-state index in [0.29, 0.717) is 50.2 Å². The SMILES string of the molecule is CC.CC(C)C(C)(C)C.CC(C)CO.CCC(C)C.NC(=O)C1CCC(C(=O)NCCO)CC1. The van der Waals surface area contributed by atoms with Gasteiger partial charge in [0.05, 0.1) is 6.61 Å². The summed E-state index contributed by atoms with van der Waals surface area (Å²) in [6.07, 6.45) is 4.13. The Bertz CT molecular complexity index is 442. The number of carbonyl (C=O) groups excluding carboxylic acids is 2. The molecule has 208 valence electrons. The third kappa shape index (κ3) is 28.9. The van der Waals surface area contributed by atoms with Crippen LogP contribution in [0.4, 0.5) is 0 Å². The van der Waals surface area contributed by atoms with E-state index in [1.165, 1.54) is 6.42 Å². The first kappa shape index (κ1) is 40.0. The third-order valence-corrected chi connectivity index (χ3v) is 5.83. The number of hydrogen-bond acceptors (Lipinski definition) is 4. The van der Waals surface area contributed by atoms with E-state index in [4.69, 9.17) is 15.9 Å². The Kier molecular flexibility index (Phi) is 29.4. The molecule has 1 rings (SSSR count). The number of primary amides is 1. The number of aliphatic hydroxyl groups is 2. The zero-order chi connectivity index (χ0) is 27.9. The summed E-state index contributed by atoms with van der Waals surface area (Å²) in [5.74, 6) is 1.76. The molecule has 0 unspecified atom stereocenters. The second kappa shape index (κ2) is 25.0. The van der Waals surface area contributed by atoms with E-state index in [2.05, 4.69) is 60.7 Å². The maximum absolute atomic E-state index is 11.5. The van der Waals surface area contributed by atoms with Crippen molar-refractivity contribution in [2.75, 3.05) is 19.8 Å². The van der Waals surface area contributed by atoms with Gasteiger partial charge in [-0.3, -0.25) is 9.59 Å². The highest BCUT2D eigenvalue weighted by atomic mass is 16.3. The van der Waals surface area contributed by atoms with Gasteiger partial charge in [0.2, 0.25) is 11.8 Å². The van der Waals surface area contributed by atoms with Crippen molar-refractivity contribution in [2.24, 2.45) is 40.7 Å².